The molecule has 1 atom stereocenters. The standard InChI is InChI=1S/C32H27BrCl2N2O6S/c1-4-41-26-11-8-19(14-27(26)42-5-2)29-22(31(39)40-3)16-36-32-37(29)30(38)28(44-32)13-18-6-10-25(23(33)12-18)43-17-20-7-9-21(34)15-24(20)35/h6-16,29H,4-5,17H2,1-3H3/b28-13-/t29-/m0/s1. The molecule has 0 bridgehead atoms. The topological polar surface area (TPSA) is 88.4 Å². The normalized spacial score (nSPS) is 14.4. The van der Waals surface area contributed by atoms with E-state index in [1.807, 2.05) is 44.2 Å². The first-order valence-corrected chi connectivity index (χ1v) is 16.0. The van der Waals surface area contributed by atoms with Crippen molar-refractivity contribution < 1.29 is 23.7 Å². The van der Waals surface area contributed by atoms with Gasteiger partial charge in [0.2, 0.25) is 0 Å². The minimum absolute atomic E-state index is 0.225. The largest absolute Gasteiger partial charge is 0.490 e. The highest BCUT2D eigenvalue weighted by molar-refractivity contribution is 9.10. The Morgan fingerprint density at radius 1 is 1.00 bits per heavy atom. The fraction of sp³-hybridized carbons (Fsp3) is 0.219. The minimum Gasteiger partial charge on any atom is -0.490 e. The smallest absolute Gasteiger partial charge is 0.337 e. The first-order valence-electron chi connectivity index (χ1n) is 13.6. The molecule has 0 N–H and O–H groups in total. The number of carbonyl (C=O) groups is 1. The number of rotatable bonds is 10. The number of nitrogens with zero attached hydrogens (tertiary/aromatic N) is 2. The number of fused-ring (bicyclic) bond motifs is 1. The summed E-state index contributed by atoms with van der Waals surface area (Å²) < 4.78 is 25.2. The predicted octanol–water partition coefficient (Wildman–Crippen LogP) is 6.46. The van der Waals surface area contributed by atoms with Gasteiger partial charge in [-0.3, -0.25) is 9.36 Å². The summed E-state index contributed by atoms with van der Waals surface area (Å²) in [5.41, 5.74) is 2.15. The van der Waals surface area contributed by atoms with Gasteiger partial charge in [-0.15, -0.1) is 0 Å². The fourth-order valence-corrected chi connectivity index (χ4v) is 6.60. The Morgan fingerprint density at radius 2 is 1.75 bits per heavy atom. The van der Waals surface area contributed by atoms with Crippen LogP contribution in [0.2, 0.25) is 10.0 Å². The predicted molar refractivity (Wildman–Crippen MR) is 175 cm³/mol. The first-order chi connectivity index (χ1) is 21.2. The Labute approximate surface area is 275 Å². The summed E-state index contributed by atoms with van der Waals surface area (Å²) in [6, 6.07) is 15.3. The molecular formula is C32H27BrCl2N2O6S. The van der Waals surface area contributed by atoms with Crippen LogP contribution in [0.1, 0.15) is 36.6 Å². The summed E-state index contributed by atoms with van der Waals surface area (Å²) in [5, 5.41) is 1.07. The number of hydrogen-bond acceptors (Lipinski definition) is 8. The number of carbonyl (C=O) groups excluding carboxylic acids is 1. The summed E-state index contributed by atoms with van der Waals surface area (Å²) in [7, 11) is 1.30. The second-order valence-electron chi connectivity index (χ2n) is 9.46. The van der Waals surface area contributed by atoms with Crippen LogP contribution in [-0.2, 0) is 16.1 Å². The summed E-state index contributed by atoms with van der Waals surface area (Å²) in [5.74, 6) is 1.11. The van der Waals surface area contributed by atoms with E-state index in [0.29, 0.717) is 59.9 Å². The Bertz CT molecular complexity index is 1940. The lowest BCUT2D eigenvalue weighted by Gasteiger charge is -2.23. The van der Waals surface area contributed by atoms with Crippen LogP contribution >= 0.6 is 50.5 Å². The van der Waals surface area contributed by atoms with Gasteiger partial charge >= 0.3 is 5.97 Å². The molecule has 1 aromatic heterocycles. The molecule has 0 radical (unpaired) electrons. The molecule has 0 saturated heterocycles. The van der Waals surface area contributed by atoms with Gasteiger partial charge in [0.25, 0.3) is 5.56 Å². The second-order valence-corrected chi connectivity index (χ2v) is 12.2. The van der Waals surface area contributed by atoms with E-state index in [0.717, 1.165) is 11.1 Å². The van der Waals surface area contributed by atoms with Gasteiger partial charge in [-0.05, 0) is 83.4 Å². The van der Waals surface area contributed by atoms with E-state index < -0.39 is 12.0 Å². The summed E-state index contributed by atoms with van der Waals surface area (Å²) >= 11 is 17.1. The zero-order valence-corrected chi connectivity index (χ0v) is 27.8. The Hall–Kier alpha value is -3.57. The van der Waals surface area contributed by atoms with Crippen LogP contribution in [0.5, 0.6) is 17.2 Å². The highest BCUT2D eigenvalue weighted by atomic mass is 79.9. The van der Waals surface area contributed by atoms with E-state index in [9.17, 15) is 9.59 Å². The van der Waals surface area contributed by atoms with Gasteiger partial charge in [-0.25, -0.2) is 9.79 Å². The molecule has 3 aromatic carbocycles. The van der Waals surface area contributed by atoms with Crippen molar-refractivity contribution in [2.45, 2.75) is 26.5 Å². The maximum Gasteiger partial charge on any atom is 0.337 e. The van der Waals surface area contributed by atoms with Crippen molar-refractivity contribution in [2.24, 2.45) is 4.99 Å². The quantitative estimate of drug-likeness (QED) is 0.175. The fourth-order valence-electron chi connectivity index (χ4n) is 4.66. The van der Waals surface area contributed by atoms with Crippen molar-refractivity contribution >= 4 is 62.5 Å². The lowest BCUT2D eigenvalue weighted by molar-refractivity contribution is -0.136. The Morgan fingerprint density at radius 3 is 2.45 bits per heavy atom. The van der Waals surface area contributed by atoms with Crippen molar-refractivity contribution in [2.75, 3.05) is 20.3 Å². The van der Waals surface area contributed by atoms with E-state index in [4.69, 9.17) is 42.1 Å². The molecule has 0 saturated carbocycles. The van der Waals surface area contributed by atoms with Crippen LogP contribution in [0, 0.1) is 0 Å². The lowest BCUT2D eigenvalue weighted by Crippen LogP contribution is -2.39. The highest BCUT2D eigenvalue weighted by Gasteiger charge is 2.31. The summed E-state index contributed by atoms with van der Waals surface area (Å²) in [6.45, 7) is 4.89. The zero-order chi connectivity index (χ0) is 31.4. The molecule has 0 aliphatic carbocycles. The van der Waals surface area contributed by atoms with Gasteiger partial charge in [-0.2, -0.15) is 0 Å². The average molecular weight is 718 g/mol. The van der Waals surface area contributed by atoms with Gasteiger partial charge in [-0.1, -0.05) is 52.7 Å². The molecule has 1 aliphatic heterocycles. The van der Waals surface area contributed by atoms with Gasteiger partial charge in [0.15, 0.2) is 16.3 Å². The van der Waals surface area contributed by atoms with Crippen LogP contribution < -0.4 is 29.1 Å². The third-order valence-corrected chi connectivity index (χ3v) is 8.86. The number of methoxy groups -OCH3 is 1. The molecule has 1 aliphatic rings. The molecule has 12 heteroatoms. The Balaban J connectivity index is 1.51. The molecule has 0 amide bonds. The third-order valence-electron chi connectivity index (χ3n) is 6.66. The Kier molecular flexibility index (Phi) is 10.2. The van der Waals surface area contributed by atoms with Gasteiger partial charge in [0.05, 0.1) is 40.9 Å². The lowest BCUT2D eigenvalue weighted by atomic mass is 9.97. The van der Waals surface area contributed by atoms with Crippen molar-refractivity contribution in [1.82, 2.24) is 4.57 Å². The molecule has 0 spiro atoms. The molecule has 8 nitrogen and oxygen atoms in total. The van der Waals surface area contributed by atoms with Crippen molar-refractivity contribution in [1.29, 1.82) is 0 Å². The SMILES string of the molecule is CCOc1ccc([C@H]2C(C(=O)OC)=CN=c3s/c(=C\c4ccc(OCc5ccc(Cl)cc5Cl)c(Br)c4)c(=O)n32)cc1OCC. The molecular weight excluding hydrogens is 691 g/mol. The van der Waals surface area contributed by atoms with Gasteiger partial charge in [0.1, 0.15) is 12.4 Å². The molecule has 2 heterocycles. The van der Waals surface area contributed by atoms with E-state index in [1.54, 1.807) is 30.3 Å². The second kappa shape index (κ2) is 14.0. The molecule has 228 valence electrons. The highest BCUT2D eigenvalue weighted by Crippen LogP contribution is 2.35. The molecule has 5 rings (SSSR count). The van der Waals surface area contributed by atoms with Crippen LogP contribution in [0.4, 0.5) is 0 Å². The summed E-state index contributed by atoms with van der Waals surface area (Å²) in [4.78, 5) is 31.6. The molecule has 44 heavy (non-hydrogen) atoms. The molecule has 4 aromatic rings. The van der Waals surface area contributed by atoms with Crippen LogP contribution in [0.15, 0.2) is 80.6 Å². The van der Waals surface area contributed by atoms with E-state index in [1.165, 1.54) is 29.2 Å². The van der Waals surface area contributed by atoms with E-state index >= 15 is 0 Å². The van der Waals surface area contributed by atoms with Crippen molar-refractivity contribution in [3.8, 4) is 17.2 Å². The first kappa shape index (κ1) is 31.8. The summed E-state index contributed by atoms with van der Waals surface area (Å²) in [6.07, 6.45) is 3.23. The van der Waals surface area contributed by atoms with Crippen molar-refractivity contribution in [3.05, 3.63) is 117 Å². The zero-order valence-electron chi connectivity index (χ0n) is 23.9. The maximum absolute atomic E-state index is 13.9. The van der Waals surface area contributed by atoms with Gasteiger partial charge < -0.3 is 18.9 Å². The van der Waals surface area contributed by atoms with E-state index in [2.05, 4.69) is 20.9 Å². The third kappa shape index (κ3) is 6.73. The monoisotopic (exact) mass is 716 g/mol. The molecule has 0 fully saturated rings. The van der Waals surface area contributed by atoms with E-state index in [-0.39, 0.29) is 17.7 Å². The number of esters is 1. The van der Waals surface area contributed by atoms with Crippen LogP contribution in [0.25, 0.3) is 6.08 Å². The number of thiazole rings is 1. The maximum atomic E-state index is 13.9. The number of halogens is 3. The van der Waals surface area contributed by atoms with Gasteiger partial charge in [0, 0.05) is 21.8 Å². The average Bonchev–Trinajstić information content (AvgIpc) is 3.32. The van der Waals surface area contributed by atoms with Crippen LogP contribution in [0.3, 0.4) is 0 Å². The number of benzene rings is 3. The minimum atomic E-state index is -0.780. The number of aromatic nitrogens is 1. The molecule has 0 unspecified atom stereocenters. The van der Waals surface area contributed by atoms with Crippen LogP contribution in [-0.4, -0.2) is 30.9 Å². The van der Waals surface area contributed by atoms with Crippen molar-refractivity contribution in [3.63, 3.8) is 0 Å². The number of hydrogen-bond donors (Lipinski definition) is 0. The number of ether oxygens (including phenoxy) is 4.